The van der Waals surface area contributed by atoms with Crippen LogP contribution in [-0.4, -0.2) is 29.4 Å². The van der Waals surface area contributed by atoms with Crippen molar-refractivity contribution in [2.24, 2.45) is 0 Å². The molecule has 1 N–H and O–H groups in total. The Morgan fingerprint density at radius 1 is 1.03 bits per heavy atom. The van der Waals surface area contributed by atoms with Crippen LogP contribution in [0.15, 0.2) is 60.7 Å². The van der Waals surface area contributed by atoms with Crippen LogP contribution in [0.5, 0.6) is 5.75 Å². The lowest BCUT2D eigenvalue weighted by Gasteiger charge is -2.22. The molecule has 0 radical (unpaired) electrons. The number of anilines is 1. The first-order valence-electron chi connectivity index (χ1n) is 10.4. The minimum absolute atomic E-state index is 0.188. The fourth-order valence-electron chi connectivity index (χ4n) is 3.65. The summed E-state index contributed by atoms with van der Waals surface area (Å²) in [5.74, 6) is -2.46. The van der Waals surface area contributed by atoms with Crippen LogP contribution in [0.4, 0.5) is 18.9 Å². The van der Waals surface area contributed by atoms with E-state index in [-0.39, 0.29) is 23.8 Å². The van der Waals surface area contributed by atoms with Crippen molar-refractivity contribution >= 4 is 17.5 Å². The van der Waals surface area contributed by atoms with E-state index in [1.165, 1.54) is 12.1 Å². The lowest BCUT2D eigenvalue weighted by Crippen LogP contribution is -2.39. The topological polar surface area (TPSA) is 58.6 Å². The van der Waals surface area contributed by atoms with E-state index >= 15 is 0 Å². The van der Waals surface area contributed by atoms with Crippen molar-refractivity contribution in [2.75, 3.05) is 11.9 Å². The molecule has 1 aliphatic heterocycles. The van der Waals surface area contributed by atoms with E-state index in [2.05, 4.69) is 5.32 Å². The van der Waals surface area contributed by atoms with Gasteiger partial charge in [0, 0.05) is 30.4 Å². The molecule has 0 bridgehead atoms. The van der Waals surface area contributed by atoms with Gasteiger partial charge in [0.25, 0.3) is 11.8 Å². The number of nitrogens with one attached hydrogen (secondary N) is 1. The van der Waals surface area contributed by atoms with Crippen LogP contribution in [-0.2, 0) is 17.8 Å². The summed E-state index contributed by atoms with van der Waals surface area (Å²) in [6, 6.07) is 13.7. The second-order valence-electron chi connectivity index (χ2n) is 7.80. The van der Waals surface area contributed by atoms with E-state index in [1.54, 1.807) is 42.2 Å². The van der Waals surface area contributed by atoms with Crippen molar-refractivity contribution in [3.63, 3.8) is 0 Å². The van der Waals surface area contributed by atoms with Crippen LogP contribution >= 0.6 is 0 Å². The van der Waals surface area contributed by atoms with Crippen molar-refractivity contribution in [3.8, 4) is 5.75 Å². The number of hydrogen-bond donors (Lipinski definition) is 1. The van der Waals surface area contributed by atoms with Gasteiger partial charge in [0.1, 0.15) is 23.2 Å². The molecule has 170 valence electrons. The smallest absolute Gasteiger partial charge is 0.263 e. The number of nitrogens with zero attached hydrogens (tertiary/aromatic N) is 1. The summed E-state index contributed by atoms with van der Waals surface area (Å²) in [7, 11) is 0. The Balaban J connectivity index is 1.51. The Bertz CT molecular complexity index is 1200. The normalized spacial score (nSPS) is 15.5. The maximum absolute atomic E-state index is 13.9. The molecule has 3 aromatic carbocycles. The summed E-state index contributed by atoms with van der Waals surface area (Å²) in [4.78, 5) is 26.9. The number of hydrogen-bond acceptors (Lipinski definition) is 3. The number of carbonyl (C=O) groups excluding carboxylic acids is 2. The van der Waals surface area contributed by atoms with Gasteiger partial charge >= 0.3 is 0 Å². The molecule has 0 saturated carbocycles. The molecule has 3 aromatic rings. The first-order chi connectivity index (χ1) is 15.8. The van der Waals surface area contributed by atoms with Crippen molar-refractivity contribution in [1.29, 1.82) is 0 Å². The fourth-order valence-corrected chi connectivity index (χ4v) is 3.65. The lowest BCUT2D eigenvalue weighted by molar-refractivity contribution is -0.137. The molecule has 0 unspecified atom stereocenters. The van der Waals surface area contributed by atoms with Crippen LogP contribution in [0.1, 0.15) is 28.4 Å². The van der Waals surface area contributed by atoms with Crippen molar-refractivity contribution in [2.45, 2.75) is 26.0 Å². The number of benzene rings is 3. The van der Waals surface area contributed by atoms with Gasteiger partial charge in [0.2, 0.25) is 0 Å². The SMILES string of the molecule is C[C@@H]1Oc2ccc(NC(=O)c3ccc(F)cc3F)cc2CN(CCc2ccc(F)cc2)C1=O. The number of rotatable bonds is 5. The zero-order valence-corrected chi connectivity index (χ0v) is 17.8. The molecule has 33 heavy (non-hydrogen) atoms. The summed E-state index contributed by atoms with van der Waals surface area (Å²) in [6.07, 6.45) is -0.165. The molecule has 0 fully saturated rings. The molecule has 8 heteroatoms. The highest BCUT2D eigenvalue weighted by molar-refractivity contribution is 6.04. The van der Waals surface area contributed by atoms with Crippen LogP contribution in [0, 0.1) is 17.5 Å². The van der Waals surface area contributed by atoms with E-state index in [4.69, 9.17) is 4.74 Å². The maximum Gasteiger partial charge on any atom is 0.263 e. The van der Waals surface area contributed by atoms with E-state index in [1.807, 2.05) is 0 Å². The number of ether oxygens (including phenoxy) is 1. The summed E-state index contributed by atoms with van der Waals surface area (Å²) in [5, 5.41) is 2.59. The van der Waals surface area contributed by atoms with E-state index in [0.29, 0.717) is 36.0 Å². The van der Waals surface area contributed by atoms with Gasteiger partial charge in [-0.1, -0.05) is 12.1 Å². The molecule has 0 aromatic heterocycles. The first kappa shape index (κ1) is 22.4. The molecule has 4 rings (SSSR count). The summed E-state index contributed by atoms with van der Waals surface area (Å²) in [6.45, 7) is 2.30. The van der Waals surface area contributed by atoms with E-state index < -0.39 is 23.6 Å². The van der Waals surface area contributed by atoms with Gasteiger partial charge in [0.05, 0.1) is 5.56 Å². The van der Waals surface area contributed by atoms with E-state index in [0.717, 1.165) is 17.7 Å². The largest absolute Gasteiger partial charge is 0.481 e. The number of fused-ring (bicyclic) bond motifs is 1. The van der Waals surface area contributed by atoms with Gasteiger partial charge in [-0.15, -0.1) is 0 Å². The standard InChI is InChI=1S/C25H21F3N2O3/c1-15-25(32)30(11-10-16-2-4-18(26)5-3-16)14-17-12-20(7-9-23(17)33-15)29-24(31)21-8-6-19(27)13-22(21)28/h2-9,12-13,15H,10-11,14H2,1H3,(H,29,31)/t15-/m0/s1. The van der Waals surface area contributed by atoms with Gasteiger partial charge in [0.15, 0.2) is 6.10 Å². The molecule has 2 amide bonds. The van der Waals surface area contributed by atoms with Crippen molar-refractivity contribution < 1.29 is 27.5 Å². The minimum atomic E-state index is -0.961. The fraction of sp³-hybridized carbons (Fsp3) is 0.200. The van der Waals surface area contributed by atoms with Crippen LogP contribution in [0.2, 0.25) is 0 Å². The zero-order chi connectivity index (χ0) is 23.5. The molecule has 0 spiro atoms. The van der Waals surface area contributed by atoms with Crippen LogP contribution < -0.4 is 10.1 Å². The highest BCUT2D eigenvalue weighted by Crippen LogP contribution is 2.29. The molecule has 0 aliphatic carbocycles. The van der Waals surface area contributed by atoms with Crippen LogP contribution in [0.25, 0.3) is 0 Å². The number of amides is 2. The second-order valence-corrected chi connectivity index (χ2v) is 7.80. The third kappa shape index (κ3) is 5.16. The second kappa shape index (κ2) is 9.36. The lowest BCUT2D eigenvalue weighted by atomic mass is 10.1. The monoisotopic (exact) mass is 454 g/mol. The molecule has 1 aliphatic rings. The molecule has 0 saturated heterocycles. The summed E-state index contributed by atoms with van der Waals surface area (Å²) >= 11 is 0. The quantitative estimate of drug-likeness (QED) is 0.608. The average molecular weight is 454 g/mol. The predicted octanol–water partition coefficient (Wildman–Crippen LogP) is 4.71. The van der Waals surface area contributed by atoms with Crippen LogP contribution in [0.3, 0.4) is 0 Å². The van der Waals surface area contributed by atoms with Gasteiger partial charge in [-0.05, 0) is 61.4 Å². The van der Waals surface area contributed by atoms with E-state index in [9.17, 15) is 22.8 Å². The summed E-state index contributed by atoms with van der Waals surface area (Å²) in [5.41, 5.74) is 1.66. The Hall–Kier alpha value is -3.81. The molecule has 1 atom stereocenters. The Morgan fingerprint density at radius 3 is 2.48 bits per heavy atom. The predicted molar refractivity (Wildman–Crippen MR) is 116 cm³/mol. The zero-order valence-electron chi connectivity index (χ0n) is 17.8. The minimum Gasteiger partial charge on any atom is -0.481 e. The molecular weight excluding hydrogens is 433 g/mol. The summed E-state index contributed by atoms with van der Waals surface area (Å²) < 4.78 is 46.0. The Kier molecular flexibility index (Phi) is 6.35. The number of halogens is 3. The highest BCUT2D eigenvalue weighted by Gasteiger charge is 2.28. The van der Waals surface area contributed by atoms with Gasteiger partial charge in [-0.2, -0.15) is 0 Å². The number of carbonyl (C=O) groups is 2. The van der Waals surface area contributed by atoms with Gasteiger partial charge in [-0.25, -0.2) is 13.2 Å². The first-order valence-corrected chi connectivity index (χ1v) is 10.4. The maximum atomic E-state index is 13.9. The highest BCUT2D eigenvalue weighted by atomic mass is 19.1. The van der Waals surface area contributed by atoms with Gasteiger partial charge < -0.3 is 15.0 Å². The third-order valence-corrected chi connectivity index (χ3v) is 5.40. The molecule has 5 nitrogen and oxygen atoms in total. The van der Waals surface area contributed by atoms with Crippen molar-refractivity contribution in [3.05, 3.63) is 94.8 Å². The molecular formula is C25H21F3N2O3. The van der Waals surface area contributed by atoms with Gasteiger partial charge in [-0.3, -0.25) is 9.59 Å². The van der Waals surface area contributed by atoms with Crippen molar-refractivity contribution in [1.82, 2.24) is 4.90 Å². The Morgan fingerprint density at radius 2 is 1.76 bits per heavy atom. The average Bonchev–Trinajstić information content (AvgIpc) is 2.89. The Labute approximate surface area is 188 Å². The third-order valence-electron chi connectivity index (χ3n) is 5.40. The molecule has 1 heterocycles.